The minimum Gasteiger partial charge on any atom is -0.258 e. The quantitative estimate of drug-likeness (QED) is 0.488. The summed E-state index contributed by atoms with van der Waals surface area (Å²) < 4.78 is 0. The first-order chi connectivity index (χ1) is 9.60. The van der Waals surface area contributed by atoms with Gasteiger partial charge in [0.1, 0.15) is 0 Å². The molecule has 0 aromatic heterocycles. The van der Waals surface area contributed by atoms with Crippen molar-refractivity contribution >= 4 is 29.2 Å². The van der Waals surface area contributed by atoms with E-state index in [0.717, 1.165) is 0 Å². The Labute approximate surface area is 119 Å². The van der Waals surface area contributed by atoms with E-state index in [0.29, 0.717) is 21.8 Å². The van der Waals surface area contributed by atoms with Crippen molar-refractivity contribution in [1.82, 2.24) is 0 Å². The lowest BCUT2D eigenvalue weighted by atomic mass is 10.2. The number of hydrogen-bond donors (Lipinski definition) is 0. The van der Waals surface area contributed by atoms with Crippen LogP contribution in [-0.2, 0) is 0 Å². The molecule has 0 unspecified atom stereocenters. The Kier molecular flexibility index (Phi) is 4.08. The molecule has 0 saturated carbocycles. The van der Waals surface area contributed by atoms with Gasteiger partial charge in [0.2, 0.25) is 0 Å². The summed E-state index contributed by atoms with van der Waals surface area (Å²) in [6.07, 6.45) is 1.38. The zero-order valence-corrected chi connectivity index (χ0v) is 10.9. The molecule has 5 nitrogen and oxygen atoms in total. The van der Waals surface area contributed by atoms with Crippen LogP contribution in [0.25, 0.3) is 0 Å². The predicted octanol–water partition coefficient (Wildman–Crippen LogP) is 3.87. The minimum absolute atomic E-state index is 0.0632. The van der Waals surface area contributed by atoms with Crippen LogP contribution in [0.4, 0.5) is 11.4 Å². The van der Waals surface area contributed by atoms with Gasteiger partial charge in [0.05, 0.1) is 27.8 Å². The van der Waals surface area contributed by atoms with Crippen LogP contribution in [0.5, 0.6) is 0 Å². The molecule has 0 fully saturated rings. The Morgan fingerprint density at radius 3 is 2.55 bits per heavy atom. The van der Waals surface area contributed by atoms with E-state index in [9.17, 15) is 10.1 Å². The van der Waals surface area contributed by atoms with Gasteiger partial charge in [-0.15, -0.1) is 0 Å². The van der Waals surface area contributed by atoms with Crippen LogP contribution < -0.4 is 0 Å². The Balaban J connectivity index is 2.33. The molecule has 0 heterocycles. The molecule has 98 valence electrons. The molecule has 2 aromatic rings. The highest BCUT2D eigenvalue weighted by Gasteiger charge is 2.11. The normalized spacial score (nSPS) is 10.4. The summed E-state index contributed by atoms with van der Waals surface area (Å²) in [5.41, 5.74) is 1.38. The summed E-state index contributed by atoms with van der Waals surface area (Å²) in [6, 6.07) is 12.8. The summed E-state index contributed by atoms with van der Waals surface area (Å²) in [6.45, 7) is 0. The number of nitro groups is 1. The number of rotatable bonds is 3. The maximum absolute atomic E-state index is 10.9. The van der Waals surface area contributed by atoms with Crippen molar-refractivity contribution in [2.24, 2.45) is 4.99 Å². The van der Waals surface area contributed by atoms with Crippen molar-refractivity contribution in [3.63, 3.8) is 0 Å². The molecule has 2 rings (SSSR count). The molecule has 0 saturated heterocycles. The van der Waals surface area contributed by atoms with E-state index < -0.39 is 4.92 Å². The first-order valence-electron chi connectivity index (χ1n) is 5.58. The van der Waals surface area contributed by atoms with E-state index >= 15 is 0 Å². The lowest BCUT2D eigenvalue weighted by Crippen LogP contribution is -1.94. The maximum atomic E-state index is 10.9. The molecular weight excluding hydrogens is 278 g/mol. The van der Waals surface area contributed by atoms with Crippen LogP contribution in [0.2, 0.25) is 5.02 Å². The summed E-state index contributed by atoms with van der Waals surface area (Å²) in [4.78, 5) is 14.5. The summed E-state index contributed by atoms with van der Waals surface area (Å²) in [5, 5.41) is 20.0. The largest absolute Gasteiger partial charge is 0.278 e. The fourth-order valence-corrected chi connectivity index (χ4v) is 1.74. The van der Waals surface area contributed by atoms with E-state index in [1.807, 2.05) is 6.07 Å². The number of nitrogens with zero attached hydrogens (tertiary/aromatic N) is 3. The molecule has 0 radical (unpaired) electrons. The van der Waals surface area contributed by atoms with Crippen molar-refractivity contribution < 1.29 is 4.92 Å². The summed E-state index contributed by atoms with van der Waals surface area (Å²) in [7, 11) is 0. The van der Waals surface area contributed by atoms with E-state index in [1.54, 1.807) is 24.3 Å². The Hall–Kier alpha value is -2.71. The van der Waals surface area contributed by atoms with E-state index in [1.165, 1.54) is 24.4 Å². The Morgan fingerprint density at radius 1 is 1.25 bits per heavy atom. The number of nitro benzene ring substituents is 1. The second-order valence-electron chi connectivity index (χ2n) is 3.88. The van der Waals surface area contributed by atoms with Gasteiger partial charge in [-0.25, -0.2) is 0 Å². The van der Waals surface area contributed by atoms with Crippen LogP contribution in [0, 0.1) is 21.4 Å². The molecule has 20 heavy (non-hydrogen) atoms. The molecule has 0 amide bonds. The van der Waals surface area contributed by atoms with Gasteiger partial charge < -0.3 is 0 Å². The highest BCUT2D eigenvalue weighted by Crippen LogP contribution is 2.22. The highest BCUT2D eigenvalue weighted by molar-refractivity contribution is 6.31. The van der Waals surface area contributed by atoms with Gasteiger partial charge in [0, 0.05) is 17.3 Å². The highest BCUT2D eigenvalue weighted by atomic mass is 35.5. The zero-order valence-electron chi connectivity index (χ0n) is 10.2. The van der Waals surface area contributed by atoms with Gasteiger partial charge in [-0.3, -0.25) is 15.1 Å². The monoisotopic (exact) mass is 285 g/mol. The van der Waals surface area contributed by atoms with Crippen LogP contribution in [0.15, 0.2) is 47.5 Å². The van der Waals surface area contributed by atoms with Crippen LogP contribution >= 0.6 is 11.6 Å². The fraction of sp³-hybridized carbons (Fsp3) is 0. The van der Waals surface area contributed by atoms with Gasteiger partial charge in [0.15, 0.2) is 0 Å². The molecule has 0 aliphatic rings. The summed E-state index contributed by atoms with van der Waals surface area (Å²) in [5.74, 6) is 0. The molecule has 0 aliphatic heterocycles. The molecule has 0 aliphatic carbocycles. The van der Waals surface area contributed by atoms with Crippen molar-refractivity contribution in [2.75, 3.05) is 0 Å². The Morgan fingerprint density at radius 2 is 1.95 bits per heavy atom. The lowest BCUT2D eigenvalue weighted by Gasteiger charge is -1.98. The first kappa shape index (κ1) is 13.7. The average Bonchev–Trinajstić information content (AvgIpc) is 2.45. The topological polar surface area (TPSA) is 79.3 Å². The molecule has 6 heteroatoms. The standard InChI is InChI=1S/C14H8ClN3O2/c15-12-3-6-14(18(19)20)11(7-12)9-17-13-4-1-10(8-16)2-5-13/h1-7,9H. The molecule has 0 spiro atoms. The van der Waals surface area contributed by atoms with Crippen molar-refractivity contribution in [2.45, 2.75) is 0 Å². The minimum atomic E-state index is -0.490. The molecule has 0 atom stereocenters. The average molecular weight is 286 g/mol. The lowest BCUT2D eigenvalue weighted by molar-refractivity contribution is -0.385. The van der Waals surface area contributed by atoms with Crippen molar-refractivity contribution in [3.8, 4) is 6.07 Å². The van der Waals surface area contributed by atoms with Crippen molar-refractivity contribution in [3.05, 3.63) is 68.7 Å². The SMILES string of the molecule is N#Cc1ccc(N=Cc2cc(Cl)ccc2[N+](=O)[O-])cc1. The number of benzene rings is 2. The first-order valence-corrected chi connectivity index (χ1v) is 5.96. The van der Waals surface area contributed by atoms with Crippen LogP contribution in [0.3, 0.4) is 0 Å². The number of halogens is 1. The van der Waals surface area contributed by atoms with Gasteiger partial charge >= 0.3 is 0 Å². The van der Waals surface area contributed by atoms with Gasteiger partial charge in [-0.2, -0.15) is 5.26 Å². The third-order valence-electron chi connectivity index (χ3n) is 2.54. The second kappa shape index (κ2) is 5.95. The van der Waals surface area contributed by atoms with E-state index in [-0.39, 0.29) is 5.69 Å². The second-order valence-corrected chi connectivity index (χ2v) is 4.31. The fourth-order valence-electron chi connectivity index (χ4n) is 1.56. The number of nitriles is 1. The van der Waals surface area contributed by atoms with Crippen LogP contribution in [-0.4, -0.2) is 11.1 Å². The number of hydrogen-bond acceptors (Lipinski definition) is 4. The third kappa shape index (κ3) is 3.19. The molecule has 0 bridgehead atoms. The van der Waals surface area contributed by atoms with Gasteiger partial charge in [0.25, 0.3) is 5.69 Å². The molecule has 2 aromatic carbocycles. The molecule has 0 N–H and O–H groups in total. The zero-order chi connectivity index (χ0) is 14.5. The predicted molar refractivity (Wildman–Crippen MR) is 76.5 cm³/mol. The smallest absolute Gasteiger partial charge is 0.258 e. The van der Waals surface area contributed by atoms with Gasteiger partial charge in [-0.1, -0.05) is 11.6 Å². The number of aliphatic imine (C=N–C) groups is 1. The van der Waals surface area contributed by atoms with Crippen LogP contribution in [0.1, 0.15) is 11.1 Å². The summed E-state index contributed by atoms with van der Waals surface area (Å²) >= 11 is 5.82. The Bertz CT molecular complexity index is 718. The van der Waals surface area contributed by atoms with E-state index in [2.05, 4.69) is 4.99 Å². The molecular formula is C14H8ClN3O2. The third-order valence-corrected chi connectivity index (χ3v) is 2.77. The van der Waals surface area contributed by atoms with E-state index in [4.69, 9.17) is 16.9 Å². The maximum Gasteiger partial charge on any atom is 0.278 e. The van der Waals surface area contributed by atoms with Gasteiger partial charge in [-0.05, 0) is 36.4 Å². The van der Waals surface area contributed by atoms with Crippen molar-refractivity contribution in [1.29, 1.82) is 5.26 Å².